The largest absolute Gasteiger partial charge is 0.411 e. The zero-order valence-electron chi connectivity index (χ0n) is 8.78. The fourth-order valence-electron chi connectivity index (χ4n) is 1.10. The normalized spacial score (nSPS) is 13.1. The first kappa shape index (κ1) is 10.5. The molecule has 0 radical (unpaired) electrons. The van der Waals surface area contributed by atoms with Gasteiger partial charge in [0, 0.05) is 0 Å². The van der Waals surface area contributed by atoms with E-state index < -0.39 is 0 Å². The Bertz CT molecular complexity index is 360. The van der Waals surface area contributed by atoms with Crippen molar-refractivity contribution in [2.75, 3.05) is 0 Å². The summed E-state index contributed by atoms with van der Waals surface area (Å²) >= 11 is 0. The van der Waals surface area contributed by atoms with E-state index in [1.165, 1.54) is 5.56 Å². The van der Waals surface area contributed by atoms with Gasteiger partial charge in [-0.1, -0.05) is 41.1 Å². The van der Waals surface area contributed by atoms with Crippen LogP contribution in [0.5, 0.6) is 0 Å². The van der Waals surface area contributed by atoms with Gasteiger partial charge in [-0.25, -0.2) is 0 Å². The molecule has 1 aromatic carbocycles. The number of benzene rings is 1. The number of oxime groups is 1. The second kappa shape index (κ2) is 4.61. The van der Waals surface area contributed by atoms with Gasteiger partial charge >= 0.3 is 0 Å². The van der Waals surface area contributed by atoms with Gasteiger partial charge in [0.2, 0.25) is 0 Å². The van der Waals surface area contributed by atoms with Crippen LogP contribution in [0.1, 0.15) is 25.0 Å². The Morgan fingerprint density at radius 2 is 1.79 bits per heavy atom. The predicted molar refractivity (Wildman–Crippen MR) is 59.7 cm³/mol. The summed E-state index contributed by atoms with van der Waals surface area (Å²) in [6.45, 7) is 5.76. The third kappa shape index (κ3) is 2.73. The van der Waals surface area contributed by atoms with Crippen LogP contribution in [0.15, 0.2) is 35.0 Å². The molecule has 0 spiro atoms. The van der Waals surface area contributed by atoms with Crippen LogP contribution >= 0.6 is 0 Å². The lowest BCUT2D eigenvalue weighted by Gasteiger charge is -1.99. The Labute approximate surface area is 84.6 Å². The molecule has 0 saturated carbocycles. The van der Waals surface area contributed by atoms with Crippen molar-refractivity contribution in [2.45, 2.75) is 20.8 Å². The molecule has 0 heterocycles. The number of hydrogen-bond donors (Lipinski definition) is 1. The summed E-state index contributed by atoms with van der Waals surface area (Å²) in [4.78, 5) is 0. The summed E-state index contributed by atoms with van der Waals surface area (Å²) < 4.78 is 0. The standard InChI is InChI=1S/C12H15NO/c1-9-4-6-12(7-5-9)8-10(2)11(3)13-14/h4-8,14H,1-3H3/b10-8-,13-11+. The monoisotopic (exact) mass is 189 g/mol. The van der Waals surface area contributed by atoms with Crippen LogP contribution in [-0.4, -0.2) is 10.9 Å². The Kier molecular flexibility index (Phi) is 3.46. The lowest BCUT2D eigenvalue weighted by Crippen LogP contribution is -1.92. The fraction of sp³-hybridized carbons (Fsp3) is 0.250. The molecule has 0 atom stereocenters. The van der Waals surface area contributed by atoms with E-state index in [0.29, 0.717) is 5.71 Å². The highest BCUT2D eigenvalue weighted by molar-refractivity contribution is 6.01. The molecule has 0 aliphatic heterocycles. The third-order valence-corrected chi connectivity index (χ3v) is 2.18. The Hall–Kier alpha value is -1.57. The number of nitrogens with zero attached hydrogens (tertiary/aromatic N) is 1. The Morgan fingerprint density at radius 3 is 2.29 bits per heavy atom. The van der Waals surface area contributed by atoms with Gasteiger partial charge in [-0.2, -0.15) is 0 Å². The third-order valence-electron chi connectivity index (χ3n) is 2.18. The average molecular weight is 189 g/mol. The molecular formula is C12H15NO. The van der Waals surface area contributed by atoms with E-state index in [1.54, 1.807) is 6.92 Å². The highest BCUT2D eigenvalue weighted by Gasteiger charge is 1.95. The van der Waals surface area contributed by atoms with Crippen molar-refractivity contribution in [3.63, 3.8) is 0 Å². The number of allylic oxidation sites excluding steroid dienone is 1. The van der Waals surface area contributed by atoms with Gasteiger partial charge in [0.15, 0.2) is 0 Å². The molecule has 1 rings (SSSR count). The highest BCUT2D eigenvalue weighted by Crippen LogP contribution is 2.09. The molecule has 0 unspecified atom stereocenters. The smallest absolute Gasteiger partial charge is 0.0794 e. The van der Waals surface area contributed by atoms with Gasteiger partial charge in [0.05, 0.1) is 5.71 Å². The van der Waals surface area contributed by atoms with Crippen molar-refractivity contribution >= 4 is 11.8 Å². The first-order valence-corrected chi connectivity index (χ1v) is 4.57. The molecule has 2 heteroatoms. The van der Waals surface area contributed by atoms with E-state index in [-0.39, 0.29) is 0 Å². The van der Waals surface area contributed by atoms with E-state index in [9.17, 15) is 0 Å². The van der Waals surface area contributed by atoms with Gasteiger partial charge in [-0.15, -0.1) is 0 Å². The fourth-order valence-corrected chi connectivity index (χ4v) is 1.10. The molecular weight excluding hydrogens is 174 g/mol. The minimum atomic E-state index is 0.644. The van der Waals surface area contributed by atoms with Crippen LogP contribution in [0, 0.1) is 6.92 Å². The summed E-state index contributed by atoms with van der Waals surface area (Å²) in [5, 5.41) is 11.7. The van der Waals surface area contributed by atoms with E-state index in [1.807, 2.05) is 25.1 Å². The molecule has 0 amide bonds. The van der Waals surface area contributed by atoms with E-state index >= 15 is 0 Å². The first-order chi connectivity index (χ1) is 6.63. The van der Waals surface area contributed by atoms with Gasteiger partial charge in [-0.3, -0.25) is 0 Å². The maximum Gasteiger partial charge on any atom is 0.0794 e. The second-order valence-electron chi connectivity index (χ2n) is 3.42. The van der Waals surface area contributed by atoms with Crippen LogP contribution in [0.3, 0.4) is 0 Å². The lowest BCUT2D eigenvalue weighted by atomic mass is 10.1. The Morgan fingerprint density at radius 1 is 1.21 bits per heavy atom. The minimum absolute atomic E-state index is 0.644. The van der Waals surface area contributed by atoms with E-state index in [4.69, 9.17) is 5.21 Å². The van der Waals surface area contributed by atoms with Crippen molar-refractivity contribution < 1.29 is 5.21 Å². The molecule has 0 aromatic heterocycles. The minimum Gasteiger partial charge on any atom is -0.411 e. The quantitative estimate of drug-likeness (QED) is 0.432. The molecule has 0 saturated heterocycles. The summed E-state index contributed by atoms with van der Waals surface area (Å²) in [5.41, 5.74) is 3.98. The zero-order valence-corrected chi connectivity index (χ0v) is 8.78. The van der Waals surface area contributed by atoms with E-state index in [0.717, 1.165) is 11.1 Å². The van der Waals surface area contributed by atoms with Gasteiger partial charge in [0.1, 0.15) is 0 Å². The molecule has 0 bridgehead atoms. The average Bonchev–Trinajstić information content (AvgIpc) is 2.20. The van der Waals surface area contributed by atoms with Crippen LogP contribution in [-0.2, 0) is 0 Å². The topological polar surface area (TPSA) is 32.6 Å². The number of rotatable bonds is 2. The van der Waals surface area contributed by atoms with Crippen LogP contribution in [0.25, 0.3) is 6.08 Å². The van der Waals surface area contributed by atoms with Crippen LogP contribution < -0.4 is 0 Å². The summed E-state index contributed by atoms with van der Waals surface area (Å²) in [5.74, 6) is 0. The van der Waals surface area contributed by atoms with Crippen molar-refractivity contribution in [3.8, 4) is 0 Å². The second-order valence-corrected chi connectivity index (χ2v) is 3.42. The van der Waals surface area contributed by atoms with Gasteiger partial charge in [0.25, 0.3) is 0 Å². The first-order valence-electron chi connectivity index (χ1n) is 4.57. The molecule has 0 aliphatic rings. The Balaban J connectivity index is 2.92. The molecule has 1 aromatic rings. The predicted octanol–water partition coefficient (Wildman–Crippen LogP) is 3.25. The molecule has 0 aliphatic carbocycles. The van der Waals surface area contributed by atoms with Gasteiger partial charge < -0.3 is 5.21 Å². The summed E-state index contributed by atoms with van der Waals surface area (Å²) in [6, 6.07) is 8.21. The lowest BCUT2D eigenvalue weighted by molar-refractivity contribution is 0.319. The van der Waals surface area contributed by atoms with Crippen LogP contribution in [0.4, 0.5) is 0 Å². The van der Waals surface area contributed by atoms with Crippen molar-refractivity contribution in [1.29, 1.82) is 0 Å². The zero-order chi connectivity index (χ0) is 10.6. The van der Waals surface area contributed by atoms with Crippen LogP contribution in [0.2, 0.25) is 0 Å². The van der Waals surface area contributed by atoms with Crippen molar-refractivity contribution in [3.05, 3.63) is 41.0 Å². The maximum absolute atomic E-state index is 8.57. The summed E-state index contributed by atoms with van der Waals surface area (Å²) in [7, 11) is 0. The maximum atomic E-state index is 8.57. The molecule has 74 valence electrons. The number of aryl methyl sites for hydroxylation is 1. The summed E-state index contributed by atoms with van der Waals surface area (Å²) in [6.07, 6.45) is 1.99. The molecule has 14 heavy (non-hydrogen) atoms. The van der Waals surface area contributed by atoms with E-state index in [2.05, 4.69) is 24.2 Å². The molecule has 2 nitrogen and oxygen atoms in total. The number of hydrogen-bond acceptors (Lipinski definition) is 2. The van der Waals surface area contributed by atoms with Crippen molar-refractivity contribution in [1.82, 2.24) is 0 Å². The SMILES string of the molecule is CC(=C/c1ccc(C)cc1)/C(C)=N/O. The van der Waals surface area contributed by atoms with Gasteiger partial charge in [-0.05, 0) is 31.9 Å². The van der Waals surface area contributed by atoms with Crippen molar-refractivity contribution in [2.24, 2.45) is 5.16 Å². The molecule has 1 N–H and O–H groups in total. The highest BCUT2D eigenvalue weighted by atomic mass is 16.4. The molecule has 0 fully saturated rings.